The van der Waals surface area contributed by atoms with Gasteiger partial charge in [-0.15, -0.1) is 0 Å². The molecule has 0 aliphatic carbocycles. The first-order valence-electron chi connectivity index (χ1n) is 6.16. The van der Waals surface area contributed by atoms with Gasteiger partial charge in [0.2, 0.25) is 0 Å². The smallest absolute Gasteiger partial charge is 0.122 e. The Hall–Kier alpha value is -1.32. The van der Waals surface area contributed by atoms with Gasteiger partial charge in [-0.1, -0.05) is 36.7 Å². The van der Waals surface area contributed by atoms with Crippen LogP contribution in [0.4, 0.5) is 0 Å². The second-order valence-electron chi connectivity index (χ2n) is 4.15. The molecule has 0 aliphatic rings. The zero-order valence-corrected chi connectivity index (χ0v) is 11.4. The van der Waals surface area contributed by atoms with E-state index >= 15 is 0 Å². The number of aryl methyl sites for hydroxylation is 2. The highest BCUT2D eigenvalue weighted by Crippen LogP contribution is 2.28. The Bertz CT molecular complexity index is 536. The van der Waals surface area contributed by atoms with Crippen molar-refractivity contribution in [2.24, 2.45) is 0 Å². The van der Waals surface area contributed by atoms with Crippen molar-refractivity contribution in [3.8, 4) is 0 Å². The van der Waals surface area contributed by atoms with Gasteiger partial charge in [-0.25, -0.2) is 0 Å². The van der Waals surface area contributed by atoms with Crippen molar-refractivity contribution in [3.05, 3.63) is 52.3 Å². The molecule has 1 unspecified atom stereocenters. The first-order valence-corrected chi connectivity index (χ1v) is 6.54. The van der Waals surface area contributed by atoms with E-state index in [1.165, 1.54) is 0 Å². The summed E-state index contributed by atoms with van der Waals surface area (Å²) in [5.74, 6) is 0. The Morgan fingerprint density at radius 1 is 1.33 bits per heavy atom. The minimum Gasteiger partial charge on any atom is -0.382 e. The molecular formula is C14H17ClN2O. The highest BCUT2D eigenvalue weighted by atomic mass is 35.5. The average molecular weight is 265 g/mol. The standard InChI is InChI=1S/C14H17ClN2O/c1-3-10-9-13(17(4-2)16-10)14(18)11-7-5-6-8-12(11)15/h5-9,14,18H,3-4H2,1-2H3. The highest BCUT2D eigenvalue weighted by Gasteiger charge is 2.18. The third-order valence-electron chi connectivity index (χ3n) is 3.00. The van der Waals surface area contributed by atoms with Gasteiger partial charge in [-0.3, -0.25) is 4.68 Å². The summed E-state index contributed by atoms with van der Waals surface area (Å²) in [7, 11) is 0. The van der Waals surface area contributed by atoms with E-state index in [0.29, 0.717) is 5.02 Å². The number of hydrogen-bond donors (Lipinski definition) is 1. The van der Waals surface area contributed by atoms with Crippen molar-refractivity contribution >= 4 is 11.6 Å². The summed E-state index contributed by atoms with van der Waals surface area (Å²) in [6.07, 6.45) is 0.126. The predicted molar refractivity (Wildman–Crippen MR) is 72.8 cm³/mol. The van der Waals surface area contributed by atoms with Gasteiger partial charge in [0.05, 0.1) is 11.4 Å². The van der Waals surface area contributed by atoms with E-state index in [-0.39, 0.29) is 0 Å². The first-order chi connectivity index (χ1) is 8.67. The maximum Gasteiger partial charge on any atom is 0.122 e. The van der Waals surface area contributed by atoms with Crippen molar-refractivity contribution in [1.29, 1.82) is 0 Å². The number of aliphatic hydroxyl groups is 1. The van der Waals surface area contributed by atoms with E-state index in [9.17, 15) is 5.11 Å². The lowest BCUT2D eigenvalue weighted by atomic mass is 10.1. The van der Waals surface area contributed by atoms with E-state index in [2.05, 4.69) is 5.10 Å². The Morgan fingerprint density at radius 3 is 2.67 bits per heavy atom. The number of halogens is 1. The van der Waals surface area contributed by atoms with E-state index < -0.39 is 6.10 Å². The number of aliphatic hydroxyl groups excluding tert-OH is 1. The second kappa shape index (κ2) is 5.55. The molecule has 4 heteroatoms. The van der Waals surface area contributed by atoms with Crippen LogP contribution >= 0.6 is 11.6 Å². The van der Waals surface area contributed by atoms with Crippen molar-refractivity contribution in [2.45, 2.75) is 32.9 Å². The molecule has 0 spiro atoms. The topological polar surface area (TPSA) is 38.0 Å². The van der Waals surface area contributed by atoms with Gasteiger partial charge in [0.1, 0.15) is 6.10 Å². The van der Waals surface area contributed by atoms with Gasteiger partial charge in [0.25, 0.3) is 0 Å². The van der Waals surface area contributed by atoms with Gasteiger partial charge < -0.3 is 5.11 Å². The van der Waals surface area contributed by atoms with Gasteiger partial charge in [-0.05, 0) is 25.5 Å². The average Bonchev–Trinajstić information content (AvgIpc) is 2.82. The molecule has 1 aromatic heterocycles. The minimum atomic E-state index is -0.730. The molecule has 0 radical (unpaired) electrons. The lowest BCUT2D eigenvalue weighted by Gasteiger charge is -2.13. The van der Waals surface area contributed by atoms with Gasteiger partial charge in [0, 0.05) is 17.1 Å². The van der Waals surface area contributed by atoms with Crippen LogP contribution < -0.4 is 0 Å². The maximum atomic E-state index is 10.4. The zero-order chi connectivity index (χ0) is 13.1. The molecule has 0 saturated carbocycles. The van der Waals surface area contributed by atoms with Crippen LogP contribution in [0, 0.1) is 0 Å². The third-order valence-corrected chi connectivity index (χ3v) is 3.35. The summed E-state index contributed by atoms with van der Waals surface area (Å²) in [4.78, 5) is 0. The molecule has 3 nitrogen and oxygen atoms in total. The molecule has 0 aliphatic heterocycles. The molecule has 0 saturated heterocycles. The molecule has 1 N–H and O–H groups in total. The Balaban J connectivity index is 2.42. The van der Waals surface area contributed by atoms with Crippen LogP contribution in [0.5, 0.6) is 0 Å². The largest absolute Gasteiger partial charge is 0.382 e. The fraction of sp³-hybridized carbons (Fsp3) is 0.357. The first kappa shape index (κ1) is 13.1. The Morgan fingerprint density at radius 2 is 2.06 bits per heavy atom. The molecular weight excluding hydrogens is 248 g/mol. The fourth-order valence-corrected chi connectivity index (χ4v) is 2.23. The molecule has 1 heterocycles. The lowest BCUT2D eigenvalue weighted by molar-refractivity contribution is 0.208. The van der Waals surface area contributed by atoms with E-state index in [1.807, 2.05) is 42.8 Å². The number of hydrogen-bond acceptors (Lipinski definition) is 2. The van der Waals surface area contributed by atoms with Crippen molar-refractivity contribution < 1.29 is 5.11 Å². The summed E-state index contributed by atoms with van der Waals surface area (Å²) in [5, 5.41) is 15.5. The molecule has 0 fully saturated rings. The molecule has 1 atom stereocenters. The van der Waals surface area contributed by atoms with Crippen LogP contribution in [0.1, 0.15) is 36.9 Å². The minimum absolute atomic E-state index is 0.576. The number of nitrogens with zero attached hydrogens (tertiary/aromatic N) is 2. The summed E-state index contributed by atoms with van der Waals surface area (Å²) >= 11 is 6.12. The monoisotopic (exact) mass is 264 g/mol. The SMILES string of the molecule is CCc1cc(C(O)c2ccccc2Cl)n(CC)n1. The van der Waals surface area contributed by atoms with Crippen LogP contribution in [-0.2, 0) is 13.0 Å². The molecule has 2 aromatic rings. The van der Waals surface area contributed by atoms with Gasteiger partial charge in [-0.2, -0.15) is 5.10 Å². The predicted octanol–water partition coefficient (Wildman–Crippen LogP) is 3.20. The highest BCUT2D eigenvalue weighted by molar-refractivity contribution is 6.31. The van der Waals surface area contributed by atoms with Gasteiger partial charge >= 0.3 is 0 Å². The van der Waals surface area contributed by atoms with Crippen LogP contribution in [0.25, 0.3) is 0 Å². The summed E-state index contributed by atoms with van der Waals surface area (Å²) in [6.45, 7) is 4.79. The normalized spacial score (nSPS) is 12.7. The van der Waals surface area contributed by atoms with Crippen LogP contribution in [0.15, 0.2) is 30.3 Å². The van der Waals surface area contributed by atoms with E-state index in [0.717, 1.165) is 29.9 Å². The van der Waals surface area contributed by atoms with Crippen LogP contribution in [0.3, 0.4) is 0 Å². The maximum absolute atomic E-state index is 10.4. The number of benzene rings is 1. The summed E-state index contributed by atoms with van der Waals surface area (Å²) < 4.78 is 1.83. The van der Waals surface area contributed by atoms with Crippen molar-refractivity contribution in [3.63, 3.8) is 0 Å². The van der Waals surface area contributed by atoms with E-state index in [1.54, 1.807) is 6.07 Å². The second-order valence-corrected chi connectivity index (χ2v) is 4.56. The Kier molecular flexibility index (Phi) is 4.04. The molecule has 2 rings (SSSR count). The van der Waals surface area contributed by atoms with Crippen LogP contribution in [-0.4, -0.2) is 14.9 Å². The molecule has 1 aromatic carbocycles. The molecule has 96 valence electrons. The van der Waals surface area contributed by atoms with E-state index in [4.69, 9.17) is 11.6 Å². The lowest BCUT2D eigenvalue weighted by Crippen LogP contribution is -2.09. The van der Waals surface area contributed by atoms with Crippen LogP contribution in [0.2, 0.25) is 5.02 Å². The zero-order valence-electron chi connectivity index (χ0n) is 10.6. The Labute approximate surface area is 112 Å². The summed E-state index contributed by atoms with van der Waals surface area (Å²) in [5.41, 5.74) is 2.50. The molecule has 18 heavy (non-hydrogen) atoms. The molecule has 0 amide bonds. The van der Waals surface area contributed by atoms with Crippen molar-refractivity contribution in [1.82, 2.24) is 9.78 Å². The third kappa shape index (κ3) is 2.42. The molecule has 0 bridgehead atoms. The van der Waals surface area contributed by atoms with Gasteiger partial charge in [0.15, 0.2) is 0 Å². The van der Waals surface area contributed by atoms with Crippen molar-refractivity contribution in [2.75, 3.05) is 0 Å². The number of aromatic nitrogens is 2. The quantitative estimate of drug-likeness (QED) is 0.921. The number of rotatable bonds is 4. The fourth-order valence-electron chi connectivity index (χ4n) is 1.99. The summed E-state index contributed by atoms with van der Waals surface area (Å²) in [6, 6.07) is 9.29.